The largest absolute Gasteiger partial charge is 0.493 e. The van der Waals surface area contributed by atoms with E-state index in [4.69, 9.17) is 21.3 Å². The molecule has 16 heavy (non-hydrogen) atoms. The molecule has 0 radical (unpaired) electrons. The summed E-state index contributed by atoms with van der Waals surface area (Å²) in [6.07, 6.45) is 0.832. The van der Waals surface area contributed by atoms with Gasteiger partial charge in [0.2, 0.25) is 0 Å². The maximum absolute atomic E-state index is 10.7. The Morgan fingerprint density at radius 3 is 2.88 bits per heavy atom. The first-order valence-corrected chi connectivity index (χ1v) is 5.09. The van der Waals surface area contributed by atoms with Crippen molar-refractivity contribution in [3.8, 4) is 5.75 Å². The third kappa shape index (κ3) is 1.87. The molecule has 1 aromatic carbocycles. The van der Waals surface area contributed by atoms with Crippen LogP contribution in [0.15, 0.2) is 18.2 Å². The molecule has 1 aliphatic heterocycles. The number of rotatable bonds is 3. The van der Waals surface area contributed by atoms with Gasteiger partial charge in [-0.05, 0) is 17.2 Å². The number of fused-ring (bicyclic) bond motifs is 1. The van der Waals surface area contributed by atoms with Gasteiger partial charge in [-0.25, -0.2) is 0 Å². The minimum Gasteiger partial charge on any atom is -0.493 e. The molecule has 0 aliphatic carbocycles. The SMILES string of the molecule is NC(C(=O)O)C(N)c1ccc2c(c1)CCO2. The van der Waals surface area contributed by atoms with Crippen LogP contribution in [0.4, 0.5) is 0 Å². The fourth-order valence-corrected chi connectivity index (χ4v) is 1.77. The van der Waals surface area contributed by atoms with Gasteiger partial charge in [0.1, 0.15) is 11.8 Å². The zero-order chi connectivity index (χ0) is 11.7. The lowest BCUT2D eigenvalue weighted by Crippen LogP contribution is -2.40. The van der Waals surface area contributed by atoms with E-state index in [2.05, 4.69) is 0 Å². The van der Waals surface area contributed by atoms with Crippen LogP contribution >= 0.6 is 0 Å². The van der Waals surface area contributed by atoms with Crippen molar-refractivity contribution < 1.29 is 14.6 Å². The molecule has 0 amide bonds. The Hall–Kier alpha value is -1.59. The first-order valence-electron chi connectivity index (χ1n) is 5.09. The zero-order valence-electron chi connectivity index (χ0n) is 8.72. The average Bonchev–Trinajstić information content (AvgIpc) is 2.73. The summed E-state index contributed by atoms with van der Waals surface area (Å²) >= 11 is 0. The van der Waals surface area contributed by atoms with Gasteiger partial charge in [0.25, 0.3) is 0 Å². The normalized spacial score (nSPS) is 17.4. The number of carboxylic acid groups (broad SMARTS) is 1. The van der Waals surface area contributed by atoms with E-state index in [1.54, 1.807) is 6.07 Å². The summed E-state index contributed by atoms with van der Waals surface area (Å²) in [5, 5.41) is 8.78. The second-order valence-electron chi connectivity index (χ2n) is 3.86. The number of hydrogen-bond acceptors (Lipinski definition) is 4. The molecule has 0 saturated heterocycles. The van der Waals surface area contributed by atoms with Crippen LogP contribution in [-0.4, -0.2) is 23.7 Å². The lowest BCUT2D eigenvalue weighted by molar-refractivity contribution is -0.139. The van der Waals surface area contributed by atoms with Gasteiger partial charge in [0, 0.05) is 6.42 Å². The van der Waals surface area contributed by atoms with Crippen molar-refractivity contribution >= 4 is 5.97 Å². The van der Waals surface area contributed by atoms with Crippen molar-refractivity contribution in [2.45, 2.75) is 18.5 Å². The van der Waals surface area contributed by atoms with E-state index in [-0.39, 0.29) is 0 Å². The highest BCUT2D eigenvalue weighted by atomic mass is 16.5. The lowest BCUT2D eigenvalue weighted by Gasteiger charge is -2.16. The minimum absolute atomic E-state index is 0.666. The topological polar surface area (TPSA) is 98.6 Å². The molecule has 0 fully saturated rings. The van der Waals surface area contributed by atoms with Crippen LogP contribution in [0, 0.1) is 0 Å². The van der Waals surface area contributed by atoms with Crippen molar-refractivity contribution in [3.05, 3.63) is 29.3 Å². The van der Waals surface area contributed by atoms with Gasteiger partial charge < -0.3 is 21.3 Å². The van der Waals surface area contributed by atoms with E-state index in [1.807, 2.05) is 12.1 Å². The predicted molar refractivity (Wildman–Crippen MR) is 58.2 cm³/mol. The van der Waals surface area contributed by atoms with Gasteiger partial charge >= 0.3 is 5.97 Å². The molecule has 5 N–H and O–H groups in total. The third-order valence-corrected chi connectivity index (χ3v) is 2.77. The average molecular weight is 222 g/mol. The summed E-state index contributed by atoms with van der Waals surface area (Å²) in [5.74, 6) is -0.246. The third-order valence-electron chi connectivity index (χ3n) is 2.77. The standard InChI is InChI=1S/C11H14N2O3/c12-9(10(13)11(14)15)7-1-2-8-6(5-7)3-4-16-8/h1-2,5,9-10H,3-4,12-13H2,(H,14,15). The Morgan fingerprint density at radius 2 is 2.19 bits per heavy atom. The molecule has 0 bridgehead atoms. The molecule has 1 aromatic rings. The van der Waals surface area contributed by atoms with Gasteiger partial charge in [-0.3, -0.25) is 4.79 Å². The first-order chi connectivity index (χ1) is 7.59. The number of nitrogens with two attached hydrogens (primary N) is 2. The lowest BCUT2D eigenvalue weighted by atomic mass is 9.98. The molecular weight excluding hydrogens is 208 g/mol. The summed E-state index contributed by atoms with van der Waals surface area (Å²) in [5.41, 5.74) is 13.1. The number of carbonyl (C=O) groups is 1. The molecule has 2 rings (SSSR count). The van der Waals surface area contributed by atoms with E-state index in [9.17, 15) is 4.79 Å². The number of carboxylic acids is 1. The van der Waals surface area contributed by atoms with Crippen LogP contribution in [0.2, 0.25) is 0 Å². The highest BCUT2D eigenvalue weighted by Crippen LogP contribution is 2.28. The van der Waals surface area contributed by atoms with Crippen LogP contribution in [0.1, 0.15) is 17.2 Å². The van der Waals surface area contributed by atoms with Gasteiger partial charge in [0.05, 0.1) is 12.6 Å². The molecule has 2 unspecified atom stereocenters. The van der Waals surface area contributed by atoms with Gasteiger partial charge in [-0.2, -0.15) is 0 Å². The molecule has 0 aromatic heterocycles. The van der Waals surface area contributed by atoms with E-state index < -0.39 is 18.1 Å². The van der Waals surface area contributed by atoms with Crippen LogP contribution in [-0.2, 0) is 11.2 Å². The second kappa shape index (κ2) is 4.11. The van der Waals surface area contributed by atoms with Crippen molar-refractivity contribution in [3.63, 3.8) is 0 Å². The molecule has 5 heteroatoms. The fraction of sp³-hybridized carbons (Fsp3) is 0.364. The molecule has 1 aliphatic rings. The van der Waals surface area contributed by atoms with Gasteiger partial charge in [-0.15, -0.1) is 0 Å². The molecular formula is C11H14N2O3. The molecule has 5 nitrogen and oxygen atoms in total. The van der Waals surface area contributed by atoms with E-state index in [0.29, 0.717) is 6.61 Å². The Morgan fingerprint density at radius 1 is 1.44 bits per heavy atom. The maximum Gasteiger partial charge on any atom is 0.322 e. The van der Waals surface area contributed by atoms with E-state index in [1.165, 1.54) is 0 Å². The van der Waals surface area contributed by atoms with Gasteiger partial charge in [-0.1, -0.05) is 12.1 Å². The monoisotopic (exact) mass is 222 g/mol. The molecule has 1 heterocycles. The summed E-state index contributed by atoms with van der Waals surface area (Å²) in [6, 6.07) is 3.67. The number of ether oxygens (including phenoxy) is 1. The van der Waals surface area contributed by atoms with Crippen LogP contribution in [0.25, 0.3) is 0 Å². The Labute approximate surface area is 93.0 Å². The highest BCUT2D eigenvalue weighted by molar-refractivity contribution is 5.74. The van der Waals surface area contributed by atoms with Crippen molar-refractivity contribution in [2.75, 3.05) is 6.61 Å². The van der Waals surface area contributed by atoms with Crippen LogP contribution in [0.5, 0.6) is 5.75 Å². The Kier molecular flexibility index (Phi) is 2.80. The van der Waals surface area contributed by atoms with Crippen LogP contribution < -0.4 is 16.2 Å². The van der Waals surface area contributed by atoms with Crippen molar-refractivity contribution in [1.82, 2.24) is 0 Å². The summed E-state index contributed by atoms with van der Waals surface area (Å²) < 4.78 is 5.35. The van der Waals surface area contributed by atoms with Gasteiger partial charge in [0.15, 0.2) is 0 Å². The maximum atomic E-state index is 10.7. The zero-order valence-corrected chi connectivity index (χ0v) is 8.72. The number of hydrogen-bond donors (Lipinski definition) is 3. The molecule has 86 valence electrons. The number of benzene rings is 1. The first kappa shape index (κ1) is 10.9. The summed E-state index contributed by atoms with van der Waals surface area (Å²) in [7, 11) is 0. The summed E-state index contributed by atoms with van der Waals surface area (Å²) in [4.78, 5) is 10.7. The van der Waals surface area contributed by atoms with Crippen molar-refractivity contribution in [1.29, 1.82) is 0 Å². The second-order valence-corrected chi connectivity index (χ2v) is 3.86. The Balaban J connectivity index is 2.24. The molecule has 0 spiro atoms. The number of aliphatic carboxylic acids is 1. The quantitative estimate of drug-likeness (QED) is 0.670. The van der Waals surface area contributed by atoms with Crippen molar-refractivity contribution in [2.24, 2.45) is 11.5 Å². The molecule has 0 saturated carbocycles. The predicted octanol–water partition coefficient (Wildman–Crippen LogP) is 0.0332. The Bertz CT molecular complexity index is 420. The highest BCUT2D eigenvalue weighted by Gasteiger charge is 2.23. The minimum atomic E-state index is -1.09. The van der Waals surface area contributed by atoms with E-state index >= 15 is 0 Å². The smallest absolute Gasteiger partial charge is 0.322 e. The fourth-order valence-electron chi connectivity index (χ4n) is 1.77. The van der Waals surface area contributed by atoms with E-state index in [0.717, 1.165) is 23.3 Å². The molecule has 2 atom stereocenters. The summed E-state index contributed by atoms with van der Waals surface area (Å²) in [6.45, 7) is 0.666. The van der Waals surface area contributed by atoms with Crippen LogP contribution in [0.3, 0.4) is 0 Å².